The monoisotopic (exact) mass is 625 g/mol. The van der Waals surface area contributed by atoms with Gasteiger partial charge in [0, 0.05) is 41.5 Å². The third-order valence-corrected chi connectivity index (χ3v) is 7.95. The average molecular weight is 626 g/mol. The molecule has 0 atom stereocenters. The summed E-state index contributed by atoms with van der Waals surface area (Å²) in [6.07, 6.45) is 3.01. The van der Waals surface area contributed by atoms with E-state index in [-0.39, 0.29) is 41.1 Å². The van der Waals surface area contributed by atoms with Crippen LogP contribution in [0.4, 0.5) is 28.0 Å². The smallest absolute Gasteiger partial charge is 0.322 e. The first kappa shape index (κ1) is 30.5. The predicted molar refractivity (Wildman–Crippen MR) is 165 cm³/mol. The summed E-state index contributed by atoms with van der Waals surface area (Å²) in [5, 5.41) is 5.75. The molecule has 1 saturated carbocycles. The first-order valence-corrected chi connectivity index (χ1v) is 14.5. The van der Waals surface area contributed by atoms with Gasteiger partial charge in [0.25, 0.3) is 5.91 Å². The van der Waals surface area contributed by atoms with Crippen molar-refractivity contribution in [3.63, 3.8) is 0 Å². The summed E-state index contributed by atoms with van der Waals surface area (Å²) in [5.41, 5.74) is 3.94. The number of fused-ring (bicyclic) bond motifs is 1. The number of hydrogen-bond donors (Lipinski definition) is 2. The van der Waals surface area contributed by atoms with Gasteiger partial charge >= 0.3 is 6.03 Å². The summed E-state index contributed by atoms with van der Waals surface area (Å²) in [4.78, 5) is 41.1. The first-order chi connectivity index (χ1) is 22.1. The number of Topliss-reactive ketones (excluding diaryl/α,β-unsaturated/α-hetero) is 1. The van der Waals surface area contributed by atoms with Gasteiger partial charge in [0.1, 0.15) is 0 Å². The minimum atomic E-state index is -1.08. The lowest BCUT2D eigenvalue weighted by molar-refractivity contribution is -0.113. The molecule has 2 N–H and O–H groups in total. The van der Waals surface area contributed by atoms with Gasteiger partial charge in [-0.05, 0) is 95.8 Å². The van der Waals surface area contributed by atoms with Crippen LogP contribution in [0.15, 0.2) is 96.1 Å². The molecule has 0 spiro atoms. The lowest BCUT2D eigenvalue weighted by Crippen LogP contribution is -2.39. The van der Waals surface area contributed by atoms with Crippen molar-refractivity contribution in [2.24, 2.45) is 0 Å². The van der Waals surface area contributed by atoms with Crippen molar-refractivity contribution < 1.29 is 31.9 Å². The number of urea groups is 1. The number of nitrogens with zero attached hydrogens (tertiary/aromatic N) is 1. The van der Waals surface area contributed by atoms with Gasteiger partial charge < -0.3 is 15.5 Å². The predicted octanol–water partition coefficient (Wildman–Crippen LogP) is 7.42. The van der Waals surface area contributed by atoms with E-state index < -0.39 is 41.0 Å². The quantitative estimate of drug-likeness (QED) is 0.179. The number of rotatable bonds is 5. The normalized spacial score (nSPS) is 17.7. The van der Waals surface area contributed by atoms with E-state index in [1.54, 1.807) is 29.2 Å². The van der Waals surface area contributed by atoms with Gasteiger partial charge in [-0.1, -0.05) is 36.4 Å². The molecule has 0 unspecified atom stereocenters. The molecule has 0 radical (unpaired) electrons. The molecule has 0 bridgehead atoms. The van der Waals surface area contributed by atoms with E-state index in [0.717, 1.165) is 35.4 Å². The Hall–Kier alpha value is -5.51. The van der Waals surface area contributed by atoms with Crippen molar-refractivity contribution in [1.82, 2.24) is 10.2 Å². The second-order valence-corrected chi connectivity index (χ2v) is 11.2. The minimum Gasteiger partial charge on any atom is -0.349 e. The van der Waals surface area contributed by atoms with Crippen LogP contribution < -0.4 is 10.6 Å². The second-order valence-electron chi connectivity index (χ2n) is 11.2. The summed E-state index contributed by atoms with van der Waals surface area (Å²) in [5.74, 6) is -5.08. The van der Waals surface area contributed by atoms with E-state index in [9.17, 15) is 31.9 Å². The largest absolute Gasteiger partial charge is 0.349 e. The van der Waals surface area contributed by atoms with Gasteiger partial charge in [-0.2, -0.15) is 0 Å². The summed E-state index contributed by atoms with van der Waals surface area (Å²) in [7, 11) is 0. The van der Waals surface area contributed by atoms with Crippen LogP contribution in [0.1, 0.15) is 45.5 Å². The van der Waals surface area contributed by atoms with E-state index in [1.165, 1.54) is 24.3 Å². The molecule has 1 aliphatic heterocycles. The third-order valence-electron chi connectivity index (χ3n) is 7.95. The highest BCUT2D eigenvalue weighted by molar-refractivity contribution is 6.14. The molecule has 4 aromatic carbocycles. The number of hydrogen-bond acceptors (Lipinski definition) is 3. The standard InChI is InChI=1S/C36H27F4N3O3/c37-30-11-5-21(15-32(30)39)13-26-17-29(18-27(34(26)44)14-22-6-12-31(38)33(40)16-22)41-35(45)23-7-9-28(10-8-23)42-36(46)43-19-24-3-1-2-4-25(24)20-43/h1-16,29H,17-20H2,(H,41,45)(H,42,46)/b26-13+,27-14+. The van der Waals surface area contributed by atoms with Gasteiger partial charge in [0.05, 0.1) is 0 Å². The SMILES string of the molecule is O=C1/C(=C/c2ccc(F)c(F)c2)CC(NC(=O)c2ccc(NC(=O)N3Cc4ccccc4C3)cc2)C/C1=C\c1ccc(F)c(F)c1. The van der Waals surface area contributed by atoms with Crippen LogP contribution in [0.5, 0.6) is 0 Å². The Labute approximate surface area is 262 Å². The molecule has 0 saturated heterocycles. The fraction of sp³-hybridized carbons (Fsp3) is 0.139. The fourth-order valence-corrected chi connectivity index (χ4v) is 5.61. The van der Waals surface area contributed by atoms with Crippen LogP contribution in [0, 0.1) is 23.3 Å². The van der Waals surface area contributed by atoms with Crippen LogP contribution in [-0.2, 0) is 17.9 Å². The Morgan fingerprint density at radius 1 is 0.696 bits per heavy atom. The molecular formula is C36H27F4N3O3. The van der Waals surface area contributed by atoms with Gasteiger partial charge in [-0.15, -0.1) is 0 Å². The summed E-state index contributed by atoms with van der Waals surface area (Å²) in [6, 6.07) is 19.8. The summed E-state index contributed by atoms with van der Waals surface area (Å²) in [6.45, 7) is 1.01. The van der Waals surface area contributed by atoms with Crippen molar-refractivity contribution in [2.45, 2.75) is 32.0 Å². The molecular weight excluding hydrogens is 598 g/mol. The molecule has 1 heterocycles. The van der Waals surface area contributed by atoms with Gasteiger partial charge in [-0.3, -0.25) is 9.59 Å². The number of carbonyl (C=O) groups is 3. The molecule has 10 heteroatoms. The van der Waals surface area contributed by atoms with Gasteiger partial charge in [0.2, 0.25) is 0 Å². The highest BCUT2D eigenvalue weighted by Crippen LogP contribution is 2.30. The summed E-state index contributed by atoms with van der Waals surface area (Å²) >= 11 is 0. The second kappa shape index (κ2) is 12.8. The number of halogens is 4. The molecule has 2 aliphatic rings. The van der Waals surface area contributed by atoms with E-state index in [4.69, 9.17) is 0 Å². The summed E-state index contributed by atoms with van der Waals surface area (Å²) < 4.78 is 54.8. The van der Waals surface area contributed by atoms with Gasteiger partial charge in [-0.25, -0.2) is 22.4 Å². The van der Waals surface area contributed by atoms with E-state index in [0.29, 0.717) is 24.3 Å². The number of amides is 3. The highest BCUT2D eigenvalue weighted by Gasteiger charge is 2.29. The zero-order valence-corrected chi connectivity index (χ0v) is 24.3. The van der Waals surface area contributed by atoms with E-state index in [1.807, 2.05) is 24.3 Å². The van der Waals surface area contributed by atoms with E-state index >= 15 is 0 Å². The van der Waals surface area contributed by atoms with Crippen LogP contribution in [0.3, 0.4) is 0 Å². The minimum absolute atomic E-state index is 0.0883. The maximum Gasteiger partial charge on any atom is 0.322 e. The maximum atomic E-state index is 13.9. The number of ketones is 1. The zero-order chi connectivity index (χ0) is 32.4. The molecule has 1 aliphatic carbocycles. The maximum absolute atomic E-state index is 13.9. The Balaban J connectivity index is 1.17. The number of anilines is 1. The fourth-order valence-electron chi connectivity index (χ4n) is 5.61. The Bertz CT molecular complexity index is 1820. The topological polar surface area (TPSA) is 78.5 Å². The zero-order valence-electron chi connectivity index (χ0n) is 24.3. The Morgan fingerprint density at radius 3 is 1.72 bits per heavy atom. The van der Waals surface area contributed by atoms with Crippen LogP contribution in [0.2, 0.25) is 0 Å². The number of benzene rings is 4. The lowest BCUT2D eigenvalue weighted by atomic mass is 9.83. The first-order valence-electron chi connectivity index (χ1n) is 14.5. The highest BCUT2D eigenvalue weighted by atomic mass is 19.2. The van der Waals surface area contributed by atoms with Crippen molar-refractivity contribution in [2.75, 3.05) is 5.32 Å². The van der Waals surface area contributed by atoms with Crippen molar-refractivity contribution in [3.05, 3.63) is 147 Å². The molecule has 3 amide bonds. The lowest BCUT2D eigenvalue weighted by Gasteiger charge is -2.27. The Morgan fingerprint density at radius 2 is 1.22 bits per heavy atom. The number of carbonyl (C=O) groups excluding carboxylic acids is 3. The van der Waals surface area contributed by atoms with Crippen LogP contribution in [0.25, 0.3) is 12.2 Å². The van der Waals surface area contributed by atoms with Gasteiger partial charge in [0.15, 0.2) is 29.1 Å². The van der Waals surface area contributed by atoms with Crippen LogP contribution >= 0.6 is 0 Å². The molecule has 6 nitrogen and oxygen atoms in total. The molecule has 4 aromatic rings. The molecule has 0 aromatic heterocycles. The molecule has 232 valence electrons. The Kier molecular flexibility index (Phi) is 8.52. The van der Waals surface area contributed by atoms with Crippen molar-refractivity contribution in [3.8, 4) is 0 Å². The third kappa shape index (κ3) is 6.76. The molecule has 46 heavy (non-hydrogen) atoms. The van der Waals surface area contributed by atoms with E-state index in [2.05, 4.69) is 10.6 Å². The molecule has 6 rings (SSSR count). The van der Waals surface area contributed by atoms with Crippen molar-refractivity contribution >= 4 is 35.6 Å². The van der Waals surface area contributed by atoms with Crippen molar-refractivity contribution in [1.29, 1.82) is 0 Å². The van der Waals surface area contributed by atoms with Crippen LogP contribution in [-0.4, -0.2) is 28.7 Å². The number of nitrogens with one attached hydrogen (secondary N) is 2. The average Bonchev–Trinajstić information content (AvgIpc) is 3.48. The molecule has 1 fully saturated rings.